The molecule has 2 atom stereocenters. The predicted octanol–water partition coefficient (Wildman–Crippen LogP) is 2.53. The zero-order chi connectivity index (χ0) is 18.1. The number of cyclic esters (lactones) is 1. The molecule has 3 aromatic rings. The van der Waals surface area contributed by atoms with Crippen molar-refractivity contribution in [2.24, 2.45) is 0 Å². The maximum Gasteiger partial charge on any atom is 0.408 e. The number of aromatic nitrogens is 2. The van der Waals surface area contributed by atoms with E-state index in [-0.39, 0.29) is 12.5 Å². The van der Waals surface area contributed by atoms with Gasteiger partial charge in [0.2, 0.25) is 0 Å². The van der Waals surface area contributed by atoms with Gasteiger partial charge in [-0.05, 0) is 23.8 Å². The molecular weight excluding hydrogens is 356 g/mol. The Hall–Kier alpha value is -3.06. The molecule has 2 aromatic carbocycles. The second kappa shape index (κ2) is 6.68. The molecule has 132 valence electrons. The van der Waals surface area contributed by atoms with E-state index in [4.69, 9.17) is 16.3 Å². The molecule has 1 aliphatic rings. The summed E-state index contributed by atoms with van der Waals surface area (Å²) in [6.07, 6.45) is -1.47. The third-order valence-corrected chi connectivity index (χ3v) is 4.50. The van der Waals surface area contributed by atoms with E-state index in [0.717, 1.165) is 22.2 Å². The van der Waals surface area contributed by atoms with Crippen molar-refractivity contribution in [3.05, 3.63) is 64.8 Å². The average Bonchev–Trinajstić information content (AvgIpc) is 3.27. The zero-order valence-electron chi connectivity index (χ0n) is 13.5. The Bertz CT molecular complexity index is 970. The van der Waals surface area contributed by atoms with Crippen LogP contribution in [-0.4, -0.2) is 34.8 Å². The Labute approximate surface area is 153 Å². The maximum atomic E-state index is 12.6. The fourth-order valence-electron chi connectivity index (χ4n) is 2.95. The third kappa shape index (κ3) is 3.09. The summed E-state index contributed by atoms with van der Waals surface area (Å²) in [7, 11) is 0. The van der Waals surface area contributed by atoms with Gasteiger partial charge in [-0.2, -0.15) is 5.10 Å². The quantitative estimate of drug-likeness (QED) is 0.657. The molecule has 1 saturated heterocycles. The number of H-pyrrole nitrogens is 1. The fraction of sp³-hybridized carbons (Fsp3) is 0.167. The number of hydrogen-bond acceptors (Lipinski definition) is 4. The molecule has 1 fully saturated rings. The summed E-state index contributed by atoms with van der Waals surface area (Å²) < 4.78 is 4.97. The Kier molecular flexibility index (Phi) is 4.22. The first-order chi connectivity index (χ1) is 12.6. The van der Waals surface area contributed by atoms with E-state index in [1.54, 1.807) is 12.1 Å². The maximum absolute atomic E-state index is 12.6. The molecule has 7 nitrogen and oxygen atoms in total. The lowest BCUT2D eigenvalue weighted by Gasteiger charge is -2.20. The number of carbonyl (C=O) groups is 2. The number of rotatable bonds is 4. The van der Waals surface area contributed by atoms with Gasteiger partial charge >= 0.3 is 6.09 Å². The van der Waals surface area contributed by atoms with Crippen molar-refractivity contribution >= 4 is 34.5 Å². The Morgan fingerprint density at radius 3 is 2.73 bits per heavy atom. The van der Waals surface area contributed by atoms with Crippen LogP contribution in [0.3, 0.4) is 0 Å². The van der Waals surface area contributed by atoms with Crippen LogP contribution in [-0.2, 0) is 9.53 Å². The Morgan fingerprint density at radius 2 is 2.00 bits per heavy atom. The number of carbonyl (C=O) groups excluding carboxylic acids is 2. The number of ether oxygens (including phenoxy) is 1. The lowest BCUT2D eigenvalue weighted by atomic mass is 10.0. The zero-order valence-corrected chi connectivity index (χ0v) is 14.3. The van der Waals surface area contributed by atoms with E-state index in [0.29, 0.717) is 5.02 Å². The monoisotopic (exact) mass is 370 g/mol. The standard InChI is InChI=1S/C18H15ClN4O3/c19-11-7-5-10(6-8-11)15(21-17(24)14-9-20-18(25)26-14)16-12-3-1-2-4-13(12)22-23-16/h1-8,14-15H,9H2,(H,20,25)(H,21,24)(H,22,23)/t14?,15-/m0/s1. The molecule has 1 aliphatic heterocycles. The van der Waals surface area contributed by atoms with Gasteiger partial charge < -0.3 is 15.4 Å². The topological polar surface area (TPSA) is 96.1 Å². The summed E-state index contributed by atoms with van der Waals surface area (Å²) in [6.45, 7) is 0.141. The molecule has 2 amide bonds. The molecular formula is C18H15ClN4O3. The van der Waals surface area contributed by atoms with Crippen LogP contribution in [0.2, 0.25) is 5.02 Å². The fourth-order valence-corrected chi connectivity index (χ4v) is 3.07. The molecule has 0 radical (unpaired) electrons. The first kappa shape index (κ1) is 16.4. The summed E-state index contributed by atoms with van der Waals surface area (Å²) in [6, 6.07) is 14.3. The van der Waals surface area contributed by atoms with E-state index in [9.17, 15) is 9.59 Å². The summed E-state index contributed by atoms with van der Waals surface area (Å²) in [5.74, 6) is -0.387. The number of halogens is 1. The van der Waals surface area contributed by atoms with Crippen LogP contribution < -0.4 is 10.6 Å². The summed E-state index contributed by atoms with van der Waals surface area (Å²) in [5.41, 5.74) is 2.37. The van der Waals surface area contributed by atoms with E-state index >= 15 is 0 Å². The highest BCUT2D eigenvalue weighted by molar-refractivity contribution is 6.30. The number of aromatic amines is 1. The molecule has 8 heteroatoms. The SMILES string of the molecule is O=C1NCC(C(=O)N[C@@H](c2ccc(Cl)cc2)c2[nH]nc3ccccc23)O1. The number of nitrogens with zero attached hydrogens (tertiary/aromatic N) is 1. The first-order valence-corrected chi connectivity index (χ1v) is 8.43. The third-order valence-electron chi connectivity index (χ3n) is 4.24. The Balaban J connectivity index is 1.71. The van der Waals surface area contributed by atoms with Crippen molar-refractivity contribution in [3.63, 3.8) is 0 Å². The summed E-state index contributed by atoms with van der Waals surface area (Å²) in [5, 5.41) is 14.2. The Morgan fingerprint density at radius 1 is 1.23 bits per heavy atom. The van der Waals surface area contributed by atoms with Crippen molar-refractivity contribution in [1.82, 2.24) is 20.8 Å². The van der Waals surface area contributed by atoms with Gasteiger partial charge in [0.25, 0.3) is 5.91 Å². The number of nitrogens with one attached hydrogen (secondary N) is 3. The highest BCUT2D eigenvalue weighted by atomic mass is 35.5. The molecule has 4 rings (SSSR count). The number of para-hydroxylation sites is 1. The highest BCUT2D eigenvalue weighted by Gasteiger charge is 2.32. The molecule has 2 heterocycles. The second-order valence-corrected chi connectivity index (χ2v) is 6.36. The van der Waals surface area contributed by atoms with Crippen LogP contribution in [0.5, 0.6) is 0 Å². The second-order valence-electron chi connectivity index (χ2n) is 5.92. The predicted molar refractivity (Wildman–Crippen MR) is 95.8 cm³/mol. The van der Waals surface area contributed by atoms with Gasteiger partial charge in [0.05, 0.1) is 23.8 Å². The van der Waals surface area contributed by atoms with Gasteiger partial charge in [0.15, 0.2) is 6.10 Å². The van der Waals surface area contributed by atoms with E-state index in [2.05, 4.69) is 20.8 Å². The van der Waals surface area contributed by atoms with Crippen molar-refractivity contribution < 1.29 is 14.3 Å². The van der Waals surface area contributed by atoms with Crippen LogP contribution in [0.25, 0.3) is 10.9 Å². The van der Waals surface area contributed by atoms with Crippen LogP contribution in [0.4, 0.5) is 4.79 Å². The number of fused-ring (bicyclic) bond motifs is 1. The molecule has 26 heavy (non-hydrogen) atoms. The molecule has 0 spiro atoms. The lowest BCUT2D eigenvalue weighted by Crippen LogP contribution is -2.39. The van der Waals surface area contributed by atoms with Crippen molar-refractivity contribution in [2.75, 3.05) is 6.54 Å². The lowest BCUT2D eigenvalue weighted by molar-refractivity contribution is -0.128. The first-order valence-electron chi connectivity index (χ1n) is 8.05. The van der Waals surface area contributed by atoms with Gasteiger partial charge in [-0.1, -0.05) is 41.9 Å². The molecule has 0 saturated carbocycles. The van der Waals surface area contributed by atoms with Crippen molar-refractivity contribution in [1.29, 1.82) is 0 Å². The molecule has 1 aromatic heterocycles. The molecule has 0 aliphatic carbocycles. The average molecular weight is 371 g/mol. The molecule has 0 bridgehead atoms. The smallest absolute Gasteiger partial charge is 0.408 e. The molecule has 3 N–H and O–H groups in total. The molecule has 1 unspecified atom stereocenters. The number of alkyl carbamates (subject to hydrolysis) is 1. The van der Waals surface area contributed by atoms with Crippen molar-refractivity contribution in [2.45, 2.75) is 12.1 Å². The normalized spacial score (nSPS) is 17.6. The van der Waals surface area contributed by atoms with E-state index in [1.165, 1.54) is 0 Å². The summed E-state index contributed by atoms with van der Waals surface area (Å²) >= 11 is 5.99. The van der Waals surface area contributed by atoms with Gasteiger partial charge in [-0.25, -0.2) is 4.79 Å². The minimum atomic E-state index is -0.869. The van der Waals surface area contributed by atoms with Crippen molar-refractivity contribution in [3.8, 4) is 0 Å². The van der Waals surface area contributed by atoms with Gasteiger partial charge in [0, 0.05) is 10.4 Å². The van der Waals surface area contributed by atoms with Gasteiger partial charge in [0.1, 0.15) is 0 Å². The van der Waals surface area contributed by atoms with Crippen LogP contribution >= 0.6 is 11.6 Å². The van der Waals surface area contributed by atoms with Crippen LogP contribution in [0.1, 0.15) is 17.3 Å². The van der Waals surface area contributed by atoms with Crippen LogP contribution in [0, 0.1) is 0 Å². The highest BCUT2D eigenvalue weighted by Crippen LogP contribution is 2.28. The largest absolute Gasteiger partial charge is 0.434 e. The summed E-state index contributed by atoms with van der Waals surface area (Å²) in [4.78, 5) is 23.8. The minimum absolute atomic E-state index is 0.141. The number of amides is 2. The number of benzene rings is 2. The minimum Gasteiger partial charge on any atom is -0.434 e. The van der Waals surface area contributed by atoms with E-state index < -0.39 is 18.2 Å². The van der Waals surface area contributed by atoms with E-state index in [1.807, 2.05) is 36.4 Å². The number of hydrogen-bond donors (Lipinski definition) is 3. The van der Waals surface area contributed by atoms with Gasteiger partial charge in [-0.3, -0.25) is 9.89 Å². The van der Waals surface area contributed by atoms with Gasteiger partial charge in [-0.15, -0.1) is 0 Å². The van der Waals surface area contributed by atoms with Crippen LogP contribution in [0.15, 0.2) is 48.5 Å².